The summed E-state index contributed by atoms with van der Waals surface area (Å²) in [5, 5.41) is 0. The fraction of sp³-hybridized carbons (Fsp3) is 0.750. The van der Waals surface area contributed by atoms with Gasteiger partial charge in [0.05, 0.1) is 5.54 Å². The summed E-state index contributed by atoms with van der Waals surface area (Å²) in [6, 6.07) is 0.708. The second kappa shape index (κ2) is 1.84. The predicted octanol–water partition coefficient (Wildman–Crippen LogP) is 1.66. The largest absolute Gasteiger partial charge is 0.288 e. The average molecular weight is 125 g/mol. The minimum absolute atomic E-state index is 0.314. The third-order valence-corrected chi connectivity index (χ3v) is 2.62. The molecule has 0 radical (unpaired) electrons. The molecule has 0 aromatic rings. The van der Waals surface area contributed by atoms with Crippen molar-refractivity contribution in [2.24, 2.45) is 0 Å². The Morgan fingerprint density at radius 2 is 2.33 bits per heavy atom. The molecule has 0 saturated carbocycles. The van der Waals surface area contributed by atoms with E-state index in [0.717, 1.165) is 6.54 Å². The summed E-state index contributed by atoms with van der Waals surface area (Å²) in [5.74, 6) is 0. The molecule has 1 saturated heterocycles. The van der Waals surface area contributed by atoms with Gasteiger partial charge in [-0.05, 0) is 20.4 Å². The zero-order valence-corrected chi connectivity index (χ0v) is 6.52. The van der Waals surface area contributed by atoms with E-state index in [0.29, 0.717) is 11.6 Å². The Morgan fingerprint density at radius 3 is 2.44 bits per heavy atom. The molecule has 1 fully saturated rings. The van der Waals surface area contributed by atoms with Gasteiger partial charge in [-0.15, -0.1) is 6.58 Å². The maximum atomic E-state index is 3.80. The molecule has 0 aromatic carbocycles. The number of likely N-dealkylation sites (N-methyl/N-ethyl adjacent to an activating group) is 1. The van der Waals surface area contributed by atoms with Gasteiger partial charge in [0.15, 0.2) is 0 Å². The number of rotatable bonds is 2. The lowest BCUT2D eigenvalue weighted by Gasteiger charge is -2.01. The van der Waals surface area contributed by atoms with Crippen LogP contribution in [0.5, 0.6) is 0 Å². The number of hydrogen-bond acceptors (Lipinski definition) is 1. The molecule has 1 aliphatic rings. The van der Waals surface area contributed by atoms with Crippen LogP contribution in [0, 0.1) is 0 Å². The lowest BCUT2D eigenvalue weighted by atomic mass is 10.1. The highest BCUT2D eigenvalue weighted by molar-refractivity contribution is 5.21. The van der Waals surface area contributed by atoms with E-state index in [2.05, 4.69) is 32.3 Å². The summed E-state index contributed by atoms with van der Waals surface area (Å²) >= 11 is 0. The zero-order valence-electron chi connectivity index (χ0n) is 6.52. The summed E-state index contributed by atoms with van der Waals surface area (Å²) in [5.41, 5.74) is 0.314. The second-order valence-corrected chi connectivity index (χ2v) is 2.89. The van der Waals surface area contributed by atoms with Crippen LogP contribution in [0.15, 0.2) is 12.7 Å². The third-order valence-electron chi connectivity index (χ3n) is 2.62. The van der Waals surface area contributed by atoms with Gasteiger partial charge in [-0.3, -0.25) is 4.90 Å². The molecule has 3 unspecified atom stereocenters. The highest BCUT2D eigenvalue weighted by Gasteiger charge is 2.52. The van der Waals surface area contributed by atoms with E-state index in [9.17, 15) is 0 Å². The van der Waals surface area contributed by atoms with Crippen LogP contribution in [0.2, 0.25) is 0 Å². The molecule has 0 aliphatic carbocycles. The number of nitrogens with zero attached hydrogens (tertiary/aromatic N) is 1. The first-order valence-electron chi connectivity index (χ1n) is 3.57. The van der Waals surface area contributed by atoms with Crippen LogP contribution in [0.25, 0.3) is 0 Å². The topological polar surface area (TPSA) is 3.01 Å². The fourth-order valence-electron chi connectivity index (χ4n) is 1.56. The van der Waals surface area contributed by atoms with Crippen LogP contribution in [0.3, 0.4) is 0 Å². The van der Waals surface area contributed by atoms with Gasteiger partial charge < -0.3 is 0 Å². The Hall–Kier alpha value is -0.300. The molecule has 1 rings (SSSR count). The molecule has 1 aliphatic heterocycles. The first kappa shape index (κ1) is 6.81. The molecule has 1 nitrogen and oxygen atoms in total. The van der Waals surface area contributed by atoms with Gasteiger partial charge in [-0.1, -0.05) is 13.0 Å². The van der Waals surface area contributed by atoms with E-state index in [1.54, 1.807) is 0 Å². The Bertz CT molecular complexity index is 131. The summed E-state index contributed by atoms with van der Waals surface area (Å²) in [6.45, 7) is 11.6. The van der Waals surface area contributed by atoms with Crippen molar-refractivity contribution in [3.05, 3.63) is 12.7 Å². The molecule has 3 atom stereocenters. The van der Waals surface area contributed by atoms with Crippen molar-refractivity contribution in [2.75, 3.05) is 6.54 Å². The standard InChI is InChI=1S/C8H15N/c1-5-8(4)7(3)9(8)6-2/h5,7H,1,6H2,2-4H3. The van der Waals surface area contributed by atoms with Crippen LogP contribution in [0.4, 0.5) is 0 Å². The normalized spacial score (nSPS) is 48.8. The van der Waals surface area contributed by atoms with E-state index in [1.807, 2.05) is 6.08 Å². The quantitative estimate of drug-likeness (QED) is 0.400. The summed E-state index contributed by atoms with van der Waals surface area (Å²) in [7, 11) is 0. The van der Waals surface area contributed by atoms with E-state index < -0.39 is 0 Å². The zero-order chi connectivity index (χ0) is 7.07. The van der Waals surface area contributed by atoms with Crippen LogP contribution in [-0.4, -0.2) is 23.0 Å². The van der Waals surface area contributed by atoms with Gasteiger partial charge in [0.1, 0.15) is 0 Å². The molecule has 9 heavy (non-hydrogen) atoms. The molecule has 0 spiro atoms. The minimum atomic E-state index is 0.314. The lowest BCUT2D eigenvalue weighted by molar-refractivity contribution is 0.484. The molecular formula is C8H15N. The Labute approximate surface area is 57.4 Å². The molecule has 0 N–H and O–H groups in total. The van der Waals surface area contributed by atoms with Crippen LogP contribution >= 0.6 is 0 Å². The van der Waals surface area contributed by atoms with Crippen LogP contribution < -0.4 is 0 Å². The van der Waals surface area contributed by atoms with Gasteiger partial charge in [0.2, 0.25) is 0 Å². The molecular weight excluding hydrogens is 110 g/mol. The summed E-state index contributed by atoms with van der Waals surface area (Å²) < 4.78 is 0. The van der Waals surface area contributed by atoms with Crippen molar-refractivity contribution in [2.45, 2.75) is 32.4 Å². The van der Waals surface area contributed by atoms with Crippen molar-refractivity contribution >= 4 is 0 Å². The van der Waals surface area contributed by atoms with Crippen LogP contribution in [0.1, 0.15) is 20.8 Å². The maximum absolute atomic E-state index is 3.80. The molecule has 1 heterocycles. The lowest BCUT2D eigenvalue weighted by Crippen LogP contribution is -2.09. The summed E-state index contributed by atoms with van der Waals surface area (Å²) in [4.78, 5) is 2.42. The van der Waals surface area contributed by atoms with E-state index in [-0.39, 0.29) is 0 Å². The molecule has 0 bridgehead atoms. The average Bonchev–Trinajstić information content (AvgIpc) is 2.38. The van der Waals surface area contributed by atoms with E-state index in [1.165, 1.54) is 0 Å². The number of hydrogen-bond donors (Lipinski definition) is 0. The van der Waals surface area contributed by atoms with Crippen molar-refractivity contribution in [3.8, 4) is 0 Å². The fourth-order valence-corrected chi connectivity index (χ4v) is 1.56. The highest BCUT2D eigenvalue weighted by Crippen LogP contribution is 2.40. The van der Waals surface area contributed by atoms with Gasteiger partial charge >= 0.3 is 0 Å². The molecule has 0 amide bonds. The second-order valence-electron chi connectivity index (χ2n) is 2.89. The molecule has 52 valence electrons. The molecule has 0 aromatic heterocycles. The van der Waals surface area contributed by atoms with Crippen molar-refractivity contribution in [3.63, 3.8) is 0 Å². The van der Waals surface area contributed by atoms with Gasteiger partial charge in [-0.2, -0.15) is 0 Å². The van der Waals surface area contributed by atoms with E-state index in [4.69, 9.17) is 0 Å². The first-order valence-corrected chi connectivity index (χ1v) is 3.57. The van der Waals surface area contributed by atoms with E-state index >= 15 is 0 Å². The maximum Gasteiger partial charge on any atom is 0.0517 e. The Morgan fingerprint density at radius 1 is 1.78 bits per heavy atom. The van der Waals surface area contributed by atoms with Gasteiger partial charge in [0, 0.05) is 6.04 Å². The Balaban J connectivity index is 2.58. The first-order chi connectivity index (χ1) is 4.16. The van der Waals surface area contributed by atoms with Crippen LogP contribution in [-0.2, 0) is 0 Å². The predicted molar refractivity (Wildman–Crippen MR) is 40.4 cm³/mol. The van der Waals surface area contributed by atoms with Crippen molar-refractivity contribution in [1.29, 1.82) is 0 Å². The van der Waals surface area contributed by atoms with Crippen molar-refractivity contribution in [1.82, 2.24) is 4.90 Å². The minimum Gasteiger partial charge on any atom is -0.288 e. The SMILES string of the molecule is C=CC1(C)C(C)N1CC. The smallest absolute Gasteiger partial charge is 0.0517 e. The molecule has 1 heteroatoms. The monoisotopic (exact) mass is 125 g/mol. The highest BCUT2D eigenvalue weighted by atomic mass is 15.4. The van der Waals surface area contributed by atoms with Crippen molar-refractivity contribution < 1.29 is 0 Å². The van der Waals surface area contributed by atoms with Gasteiger partial charge in [-0.25, -0.2) is 0 Å². The third kappa shape index (κ3) is 0.715. The van der Waals surface area contributed by atoms with Gasteiger partial charge in [0.25, 0.3) is 0 Å². The Kier molecular flexibility index (Phi) is 1.39. The summed E-state index contributed by atoms with van der Waals surface area (Å²) in [6.07, 6.45) is 2.04.